The Morgan fingerprint density at radius 1 is 1.09 bits per heavy atom. The van der Waals surface area contributed by atoms with Gasteiger partial charge in [0.2, 0.25) is 5.91 Å². The van der Waals surface area contributed by atoms with Crippen LogP contribution in [0.1, 0.15) is 12.0 Å². The number of halogens is 1. The zero-order valence-electron chi connectivity index (χ0n) is 12.3. The van der Waals surface area contributed by atoms with Crippen LogP contribution in [-0.4, -0.2) is 17.9 Å². The van der Waals surface area contributed by atoms with Crippen molar-refractivity contribution in [2.45, 2.75) is 13.0 Å². The number of amides is 1. The first-order valence-electron chi connectivity index (χ1n) is 6.95. The third-order valence-corrected chi connectivity index (χ3v) is 3.61. The Kier molecular flexibility index (Phi) is 6.27. The molecule has 3 nitrogen and oxygen atoms in total. The van der Waals surface area contributed by atoms with Crippen LogP contribution in [-0.2, 0) is 11.3 Å². The summed E-state index contributed by atoms with van der Waals surface area (Å²) in [4.78, 5) is 11.5. The number of thioether (sulfide) groups is 1. The van der Waals surface area contributed by atoms with Crippen molar-refractivity contribution in [2.24, 2.45) is 0 Å². The summed E-state index contributed by atoms with van der Waals surface area (Å²) < 4.78 is 18.4. The van der Waals surface area contributed by atoms with E-state index >= 15 is 0 Å². The molecule has 2 aromatic rings. The van der Waals surface area contributed by atoms with Crippen molar-refractivity contribution >= 4 is 17.7 Å². The van der Waals surface area contributed by atoms with Crippen molar-refractivity contribution < 1.29 is 13.9 Å². The first kappa shape index (κ1) is 16.4. The van der Waals surface area contributed by atoms with E-state index in [2.05, 4.69) is 5.32 Å². The van der Waals surface area contributed by atoms with Gasteiger partial charge in [0, 0.05) is 18.7 Å². The molecular weight excluding hydrogens is 301 g/mol. The van der Waals surface area contributed by atoms with Gasteiger partial charge in [0.15, 0.2) is 0 Å². The second kappa shape index (κ2) is 8.44. The molecular formula is C17H18FNO2S. The van der Waals surface area contributed by atoms with Crippen molar-refractivity contribution in [3.63, 3.8) is 0 Å². The number of nitrogens with one attached hydrogen (secondary N) is 1. The fourth-order valence-corrected chi connectivity index (χ4v) is 2.19. The molecule has 0 saturated heterocycles. The Labute approximate surface area is 133 Å². The molecule has 0 aliphatic carbocycles. The number of hydrogen-bond donors (Lipinski definition) is 1. The van der Waals surface area contributed by atoms with Gasteiger partial charge in [-0.25, -0.2) is 4.39 Å². The maximum atomic E-state index is 12.8. The van der Waals surface area contributed by atoms with Crippen molar-refractivity contribution in [1.29, 1.82) is 0 Å². The van der Waals surface area contributed by atoms with Crippen LogP contribution in [0.2, 0.25) is 0 Å². The molecule has 1 amide bonds. The molecule has 0 bridgehead atoms. The quantitative estimate of drug-likeness (QED) is 0.838. The Balaban J connectivity index is 1.85. The first-order valence-corrected chi connectivity index (χ1v) is 8.35. The predicted octanol–water partition coefficient (Wildman–Crippen LogP) is 3.99. The standard InChI is InChI=1S/C17H18FNO2S/c1-22-11-10-17(20)19-12-13-2-6-15(7-3-13)21-16-8-4-14(18)5-9-16/h2-9H,10-12H2,1H3,(H,19,20). The fourth-order valence-electron chi connectivity index (χ4n) is 1.80. The van der Waals surface area contributed by atoms with E-state index < -0.39 is 0 Å². The van der Waals surface area contributed by atoms with Crippen LogP contribution in [0.3, 0.4) is 0 Å². The van der Waals surface area contributed by atoms with Crippen molar-refractivity contribution in [3.05, 3.63) is 59.9 Å². The molecule has 0 atom stereocenters. The maximum Gasteiger partial charge on any atom is 0.221 e. The Morgan fingerprint density at radius 2 is 1.68 bits per heavy atom. The molecule has 0 saturated carbocycles. The summed E-state index contributed by atoms with van der Waals surface area (Å²) in [6.45, 7) is 0.504. The lowest BCUT2D eigenvalue weighted by atomic mass is 10.2. The molecule has 116 valence electrons. The molecule has 0 aliphatic rings. The lowest BCUT2D eigenvalue weighted by Gasteiger charge is -2.08. The molecule has 1 N–H and O–H groups in total. The molecule has 5 heteroatoms. The zero-order valence-corrected chi connectivity index (χ0v) is 13.2. The molecule has 0 aromatic heterocycles. The molecule has 0 heterocycles. The first-order chi connectivity index (χ1) is 10.7. The molecule has 0 aliphatic heterocycles. The predicted molar refractivity (Wildman–Crippen MR) is 87.8 cm³/mol. The second-order valence-corrected chi connectivity index (χ2v) is 5.71. The van der Waals surface area contributed by atoms with E-state index in [-0.39, 0.29) is 11.7 Å². The minimum atomic E-state index is -0.292. The largest absolute Gasteiger partial charge is 0.457 e. The Hall–Kier alpha value is -2.01. The Morgan fingerprint density at radius 3 is 2.27 bits per heavy atom. The second-order valence-electron chi connectivity index (χ2n) is 4.72. The smallest absolute Gasteiger partial charge is 0.221 e. The average molecular weight is 319 g/mol. The zero-order chi connectivity index (χ0) is 15.8. The SMILES string of the molecule is CSCCC(=O)NCc1ccc(Oc2ccc(F)cc2)cc1. The number of carbonyl (C=O) groups is 1. The highest BCUT2D eigenvalue weighted by molar-refractivity contribution is 7.98. The van der Waals surface area contributed by atoms with Gasteiger partial charge in [-0.05, 0) is 48.2 Å². The fraction of sp³-hybridized carbons (Fsp3) is 0.235. The highest BCUT2D eigenvalue weighted by atomic mass is 32.2. The van der Waals surface area contributed by atoms with Gasteiger partial charge in [0.1, 0.15) is 17.3 Å². The summed E-state index contributed by atoms with van der Waals surface area (Å²) in [6, 6.07) is 13.3. The third-order valence-electron chi connectivity index (χ3n) is 3.00. The van der Waals surface area contributed by atoms with Gasteiger partial charge in [-0.15, -0.1) is 0 Å². The van der Waals surface area contributed by atoms with Gasteiger partial charge in [-0.3, -0.25) is 4.79 Å². The van der Waals surface area contributed by atoms with E-state index in [1.807, 2.05) is 30.5 Å². The highest BCUT2D eigenvalue weighted by Crippen LogP contribution is 2.21. The van der Waals surface area contributed by atoms with Crippen LogP contribution in [0.5, 0.6) is 11.5 Å². The lowest BCUT2D eigenvalue weighted by Crippen LogP contribution is -2.22. The van der Waals surface area contributed by atoms with Gasteiger partial charge in [0.05, 0.1) is 0 Å². The summed E-state index contributed by atoms with van der Waals surface area (Å²) in [6.07, 6.45) is 2.51. The minimum absolute atomic E-state index is 0.0565. The van der Waals surface area contributed by atoms with Crippen LogP contribution in [0.25, 0.3) is 0 Å². The summed E-state index contributed by atoms with van der Waals surface area (Å²) >= 11 is 1.65. The number of hydrogen-bond acceptors (Lipinski definition) is 3. The van der Waals surface area contributed by atoms with Crippen LogP contribution < -0.4 is 10.1 Å². The van der Waals surface area contributed by atoms with E-state index in [0.717, 1.165) is 11.3 Å². The van der Waals surface area contributed by atoms with Gasteiger partial charge >= 0.3 is 0 Å². The third kappa shape index (κ3) is 5.41. The van der Waals surface area contributed by atoms with E-state index in [0.29, 0.717) is 24.5 Å². The van der Waals surface area contributed by atoms with Gasteiger partial charge < -0.3 is 10.1 Å². The highest BCUT2D eigenvalue weighted by Gasteiger charge is 2.02. The maximum absolute atomic E-state index is 12.8. The van der Waals surface area contributed by atoms with Gasteiger partial charge in [-0.1, -0.05) is 12.1 Å². The summed E-state index contributed by atoms with van der Waals surface area (Å²) in [5, 5.41) is 2.87. The molecule has 0 radical (unpaired) electrons. The monoisotopic (exact) mass is 319 g/mol. The van der Waals surface area contributed by atoms with E-state index in [4.69, 9.17) is 4.74 Å². The lowest BCUT2D eigenvalue weighted by molar-refractivity contribution is -0.120. The summed E-state index contributed by atoms with van der Waals surface area (Å²) in [5.41, 5.74) is 1.00. The van der Waals surface area contributed by atoms with Crippen molar-refractivity contribution in [2.75, 3.05) is 12.0 Å². The molecule has 0 unspecified atom stereocenters. The molecule has 0 fully saturated rings. The van der Waals surface area contributed by atoms with E-state index in [1.165, 1.54) is 12.1 Å². The number of rotatable bonds is 7. The summed E-state index contributed by atoms with van der Waals surface area (Å²) in [5.74, 6) is 1.85. The summed E-state index contributed by atoms with van der Waals surface area (Å²) in [7, 11) is 0. The van der Waals surface area contributed by atoms with Crippen molar-refractivity contribution in [1.82, 2.24) is 5.32 Å². The van der Waals surface area contributed by atoms with Crippen LogP contribution >= 0.6 is 11.8 Å². The van der Waals surface area contributed by atoms with Crippen LogP contribution in [0, 0.1) is 5.82 Å². The molecule has 22 heavy (non-hydrogen) atoms. The van der Waals surface area contributed by atoms with Gasteiger partial charge in [-0.2, -0.15) is 11.8 Å². The Bertz CT molecular complexity index is 599. The molecule has 2 aromatic carbocycles. The van der Waals surface area contributed by atoms with E-state index in [9.17, 15) is 9.18 Å². The molecule has 0 spiro atoms. The number of carbonyl (C=O) groups excluding carboxylic acids is 1. The van der Waals surface area contributed by atoms with Gasteiger partial charge in [0.25, 0.3) is 0 Å². The normalized spacial score (nSPS) is 10.3. The molecule has 2 rings (SSSR count). The van der Waals surface area contributed by atoms with Crippen molar-refractivity contribution in [3.8, 4) is 11.5 Å². The topological polar surface area (TPSA) is 38.3 Å². The average Bonchev–Trinajstić information content (AvgIpc) is 2.54. The van der Waals surface area contributed by atoms with Crippen LogP contribution in [0.4, 0.5) is 4.39 Å². The minimum Gasteiger partial charge on any atom is -0.457 e. The van der Waals surface area contributed by atoms with Crippen LogP contribution in [0.15, 0.2) is 48.5 Å². The number of benzene rings is 2. The number of ether oxygens (including phenoxy) is 1. The van der Waals surface area contributed by atoms with E-state index in [1.54, 1.807) is 23.9 Å².